The van der Waals surface area contributed by atoms with Gasteiger partial charge < -0.3 is 5.32 Å². The van der Waals surface area contributed by atoms with Crippen LogP contribution in [-0.4, -0.2) is 6.54 Å². The van der Waals surface area contributed by atoms with Crippen LogP contribution in [0.3, 0.4) is 0 Å². The SMILES string of the molecule is CCCNC(c1cc(Br)c(Br)s1)c1cc(Cl)c(Br)cc1F. The molecule has 1 nitrogen and oxygen atoms in total. The van der Waals surface area contributed by atoms with Gasteiger partial charge in [0.05, 0.1) is 14.9 Å². The summed E-state index contributed by atoms with van der Waals surface area (Å²) in [6, 6.07) is 4.87. The third-order valence-electron chi connectivity index (χ3n) is 2.90. The van der Waals surface area contributed by atoms with Crippen molar-refractivity contribution in [3.63, 3.8) is 0 Å². The molecule has 1 unspecified atom stereocenters. The lowest BCUT2D eigenvalue weighted by Crippen LogP contribution is -2.23. The first kappa shape index (κ1) is 17.9. The Hall–Kier alpha value is 0.540. The molecule has 0 bridgehead atoms. The van der Waals surface area contributed by atoms with Gasteiger partial charge in [0, 0.05) is 19.4 Å². The largest absolute Gasteiger partial charge is 0.306 e. The molecule has 1 N–H and O–H groups in total. The van der Waals surface area contributed by atoms with Gasteiger partial charge in [-0.15, -0.1) is 11.3 Å². The highest BCUT2D eigenvalue weighted by Gasteiger charge is 2.21. The fraction of sp³-hybridized carbons (Fsp3) is 0.286. The summed E-state index contributed by atoms with van der Waals surface area (Å²) in [7, 11) is 0. The van der Waals surface area contributed by atoms with Gasteiger partial charge in [-0.2, -0.15) is 0 Å². The Morgan fingerprint density at radius 3 is 2.52 bits per heavy atom. The highest BCUT2D eigenvalue weighted by atomic mass is 79.9. The number of thiophene rings is 1. The Bertz CT molecular complexity index is 628. The van der Waals surface area contributed by atoms with Crippen LogP contribution in [0.4, 0.5) is 4.39 Å². The van der Waals surface area contributed by atoms with Crippen LogP contribution in [0, 0.1) is 5.82 Å². The molecule has 0 radical (unpaired) electrons. The van der Waals surface area contributed by atoms with Crippen LogP contribution >= 0.6 is 70.7 Å². The number of hydrogen-bond donors (Lipinski definition) is 1. The number of hydrogen-bond acceptors (Lipinski definition) is 2. The standard InChI is InChI=1S/C14H12Br3ClFNS/c1-2-3-20-13(12-6-9(16)14(17)21-12)7-4-10(18)8(15)5-11(7)19/h4-6,13,20H,2-3H2,1H3. The van der Waals surface area contributed by atoms with Gasteiger partial charge in [0.25, 0.3) is 0 Å². The van der Waals surface area contributed by atoms with Crippen LogP contribution < -0.4 is 5.32 Å². The Kier molecular flexibility index (Phi) is 6.71. The minimum Gasteiger partial charge on any atom is -0.306 e. The van der Waals surface area contributed by atoms with Crippen LogP contribution in [0.2, 0.25) is 5.02 Å². The van der Waals surface area contributed by atoms with Gasteiger partial charge in [-0.25, -0.2) is 4.39 Å². The minimum absolute atomic E-state index is 0.219. The van der Waals surface area contributed by atoms with Crippen molar-refractivity contribution < 1.29 is 4.39 Å². The Labute approximate surface area is 157 Å². The summed E-state index contributed by atoms with van der Waals surface area (Å²) >= 11 is 17.9. The molecule has 1 heterocycles. The maximum Gasteiger partial charge on any atom is 0.129 e. The number of benzene rings is 1. The van der Waals surface area contributed by atoms with Crippen molar-refractivity contribution in [1.82, 2.24) is 5.32 Å². The molecule has 0 aliphatic rings. The lowest BCUT2D eigenvalue weighted by Gasteiger charge is -2.19. The van der Waals surface area contributed by atoms with E-state index in [1.54, 1.807) is 17.4 Å². The Balaban J connectivity index is 2.47. The van der Waals surface area contributed by atoms with Gasteiger partial charge >= 0.3 is 0 Å². The molecule has 7 heteroatoms. The van der Waals surface area contributed by atoms with E-state index in [1.165, 1.54) is 6.07 Å². The van der Waals surface area contributed by atoms with Gasteiger partial charge in [-0.3, -0.25) is 0 Å². The molecule has 0 amide bonds. The van der Waals surface area contributed by atoms with E-state index in [9.17, 15) is 4.39 Å². The third-order valence-corrected chi connectivity index (χ3v) is 7.42. The van der Waals surface area contributed by atoms with Crippen LogP contribution in [0.1, 0.15) is 29.8 Å². The molecule has 1 atom stereocenters. The second-order valence-electron chi connectivity index (χ2n) is 4.45. The number of nitrogens with one attached hydrogen (secondary N) is 1. The summed E-state index contributed by atoms with van der Waals surface area (Å²) in [6.07, 6.45) is 0.968. The Morgan fingerprint density at radius 1 is 1.24 bits per heavy atom. The van der Waals surface area contributed by atoms with Crippen LogP contribution in [0.15, 0.2) is 30.9 Å². The second kappa shape index (κ2) is 7.88. The van der Waals surface area contributed by atoms with E-state index in [4.69, 9.17) is 11.6 Å². The van der Waals surface area contributed by atoms with Gasteiger partial charge in [0.2, 0.25) is 0 Å². The minimum atomic E-state index is -0.277. The molecule has 0 aliphatic heterocycles. The first-order valence-corrected chi connectivity index (χ1v) is 9.84. The van der Waals surface area contributed by atoms with E-state index in [-0.39, 0.29) is 11.9 Å². The molecule has 1 aromatic carbocycles. The average molecular weight is 520 g/mol. The molecule has 21 heavy (non-hydrogen) atoms. The lowest BCUT2D eigenvalue weighted by atomic mass is 10.0. The summed E-state index contributed by atoms with van der Waals surface area (Å²) < 4.78 is 16.9. The second-order valence-corrected chi connectivity index (χ2v) is 8.96. The molecule has 0 saturated heterocycles. The number of rotatable bonds is 5. The highest BCUT2D eigenvalue weighted by Crippen LogP contribution is 2.39. The monoisotopic (exact) mass is 517 g/mol. The van der Waals surface area contributed by atoms with Gasteiger partial charge in [-0.05, 0) is 79.0 Å². The van der Waals surface area contributed by atoms with Crippen molar-refractivity contribution in [2.24, 2.45) is 0 Å². The zero-order chi connectivity index (χ0) is 15.6. The zero-order valence-electron chi connectivity index (χ0n) is 11.0. The predicted octanol–water partition coefficient (Wildman–Crippen LogP) is 6.92. The fourth-order valence-corrected chi connectivity index (χ4v) is 4.59. The van der Waals surface area contributed by atoms with Crippen LogP contribution in [0.25, 0.3) is 0 Å². The van der Waals surface area contributed by atoms with Crippen molar-refractivity contribution in [2.45, 2.75) is 19.4 Å². The summed E-state index contributed by atoms with van der Waals surface area (Å²) in [5, 5.41) is 3.89. The van der Waals surface area contributed by atoms with Crippen molar-refractivity contribution in [2.75, 3.05) is 6.54 Å². The molecule has 0 spiro atoms. The van der Waals surface area contributed by atoms with E-state index < -0.39 is 0 Å². The van der Waals surface area contributed by atoms with E-state index in [2.05, 4.69) is 60.0 Å². The van der Waals surface area contributed by atoms with E-state index >= 15 is 0 Å². The molecule has 0 fully saturated rings. The molecule has 114 valence electrons. The van der Waals surface area contributed by atoms with Gasteiger partial charge in [0.15, 0.2) is 0 Å². The van der Waals surface area contributed by atoms with Gasteiger partial charge in [-0.1, -0.05) is 18.5 Å². The van der Waals surface area contributed by atoms with E-state index in [0.29, 0.717) is 15.1 Å². The first-order chi connectivity index (χ1) is 9.93. The topological polar surface area (TPSA) is 12.0 Å². The molecule has 1 aromatic heterocycles. The third kappa shape index (κ3) is 4.30. The molecule has 2 aromatic rings. The smallest absolute Gasteiger partial charge is 0.129 e. The maximum absolute atomic E-state index is 14.4. The van der Waals surface area contributed by atoms with E-state index in [1.807, 2.05) is 6.07 Å². The van der Waals surface area contributed by atoms with Crippen LogP contribution in [-0.2, 0) is 0 Å². The Morgan fingerprint density at radius 2 is 1.95 bits per heavy atom. The normalized spacial score (nSPS) is 12.7. The van der Waals surface area contributed by atoms with Crippen molar-refractivity contribution in [3.05, 3.63) is 52.2 Å². The molecule has 0 aliphatic carbocycles. The lowest BCUT2D eigenvalue weighted by molar-refractivity contribution is 0.550. The molecule has 0 saturated carbocycles. The summed E-state index contributed by atoms with van der Waals surface area (Å²) in [6.45, 7) is 2.88. The molecule has 2 rings (SSSR count). The maximum atomic E-state index is 14.4. The van der Waals surface area contributed by atoms with Crippen LogP contribution in [0.5, 0.6) is 0 Å². The van der Waals surface area contributed by atoms with E-state index in [0.717, 1.165) is 26.1 Å². The zero-order valence-corrected chi connectivity index (χ0v) is 17.4. The summed E-state index contributed by atoms with van der Waals surface area (Å²) in [5.74, 6) is -0.277. The fourth-order valence-electron chi connectivity index (χ4n) is 1.92. The molecular formula is C14H12Br3ClFNS. The summed E-state index contributed by atoms with van der Waals surface area (Å²) in [4.78, 5) is 1.03. The average Bonchev–Trinajstić information content (AvgIpc) is 2.75. The predicted molar refractivity (Wildman–Crippen MR) is 99.0 cm³/mol. The van der Waals surface area contributed by atoms with Crippen molar-refractivity contribution >= 4 is 70.7 Å². The van der Waals surface area contributed by atoms with Gasteiger partial charge in [0.1, 0.15) is 5.82 Å². The summed E-state index contributed by atoms with van der Waals surface area (Å²) in [5.41, 5.74) is 0.554. The molecular weight excluding hydrogens is 508 g/mol. The quantitative estimate of drug-likeness (QED) is 0.422. The number of halogens is 5. The first-order valence-electron chi connectivity index (χ1n) is 6.26. The highest BCUT2D eigenvalue weighted by molar-refractivity contribution is 9.13. The van der Waals surface area contributed by atoms with Crippen molar-refractivity contribution in [1.29, 1.82) is 0 Å². The van der Waals surface area contributed by atoms with Crippen molar-refractivity contribution in [3.8, 4) is 0 Å².